The van der Waals surface area contributed by atoms with Crippen molar-refractivity contribution in [3.8, 4) is 5.75 Å². The SMILES string of the molecule is Cc1cc2c(c(C)c1Cl)C=C(C(=O)OC(CO[N+](=O)[O-])CO[N+](=O)[O-])C(C(F)(F)F)O2. The third-order valence-electron chi connectivity index (χ3n) is 4.06. The normalized spacial score (nSPS) is 15.5. The van der Waals surface area contributed by atoms with E-state index in [1.165, 1.54) is 13.0 Å². The molecule has 0 saturated heterocycles. The van der Waals surface area contributed by atoms with Gasteiger partial charge in [0.25, 0.3) is 10.2 Å². The van der Waals surface area contributed by atoms with Crippen LogP contribution in [-0.4, -0.2) is 47.7 Å². The molecule has 0 spiro atoms. The average Bonchev–Trinajstić information content (AvgIpc) is 2.66. The molecule has 0 aromatic heterocycles. The Labute approximate surface area is 176 Å². The highest BCUT2D eigenvalue weighted by molar-refractivity contribution is 6.32. The van der Waals surface area contributed by atoms with E-state index in [4.69, 9.17) is 21.1 Å². The van der Waals surface area contributed by atoms with Gasteiger partial charge in [-0.25, -0.2) is 4.79 Å². The summed E-state index contributed by atoms with van der Waals surface area (Å²) in [5, 5.41) is 18.3. The molecule has 15 heteroatoms. The highest BCUT2D eigenvalue weighted by Gasteiger charge is 2.49. The molecule has 0 amide bonds. The van der Waals surface area contributed by atoms with Gasteiger partial charge in [-0.15, -0.1) is 20.2 Å². The second kappa shape index (κ2) is 9.24. The molecule has 0 radical (unpaired) electrons. The predicted octanol–water partition coefficient (Wildman–Crippen LogP) is 2.99. The molecule has 0 fully saturated rings. The van der Waals surface area contributed by atoms with Gasteiger partial charge in [-0.05, 0) is 37.1 Å². The van der Waals surface area contributed by atoms with Gasteiger partial charge >= 0.3 is 12.1 Å². The van der Waals surface area contributed by atoms with Gasteiger partial charge in [-0.3, -0.25) is 0 Å². The van der Waals surface area contributed by atoms with Crippen molar-refractivity contribution in [2.24, 2.45) is 0 Å². The molecule has 0 aliphatic carbocycles. The van der Waals surface area contributed by atoms with E-state index in [1.807, 2.05) is 0 Å². The van der Waals surface area contributed by atoms with Crippen LogP contribution >= 0.6 is 11.6 Å². The predicted molar refractivity (Wildman–Crippen MR) is 95.1 cm³/mol. The first-order valence-electron chi connectivity index (χ1n) is 8.31. The summed E-state index contributed by atoms with van der Waals surface area (Å²) in [7, 11) is 0. The molecular weight excluding hydrogens is 457 g/mol. The average molecular weight is 471 g/mol. The quantitative estimate of drug-likeness (QED) is 0.318. The Morgan fingerprint density at radius 2 is 1.77 bits per heavy atom. The van der Waals surface area contributed by atoms with Crippen LogP contribution in [0.2, 0.25) is 5.02 Å². The van der Waals surface area contributed by atoms with E-state index in [0.29, 0.717) is 11.1 Å². The highest BCUT2D eigenvalue weighted by Crippen LogP contribution is 2.41. The molecule has 1 aliphatic heterocycles. The molecule has 1 heterocycles. The molecule has 170 valence electrons. The number of nitrogens with zero attached hydrogens (tertiary/aromatic N) is 2. The number of alkyl halides is 3. The van der Waals surface area contributed by atoms with E-state index in [0.717, 1.165) is 6.08 Å². The van der Waals surface area contributed by atoms with Gasteiger partial charge in [0.05, 0.1) is 5.57 Å². The number of benzene rings is 1. The zero-order chi connectivity index (χ0) is 23.5. The Bertz CT molecular complexity index is 918. The van der Waals surface area contributed by atoms with Gasteiger partial charge in [0.2, 0.25) is 6.10 Å². The van der Waals surface area contributed by atoms with Crippen molar-refractivity contribution in [3.05, 3.63) is 53.6 Å². The lowest BCUT2D eigenvalue weighted by molar-refractivity contribution is -0.768. The third-order valence-corrected chi connectivity index (χ3v) is 4.64. The molecule has 0 N–H and O–H groups in total. The zero-order valence-corrected chi connectivity index (χ0v) is 16.6. The summed E-state index contributed by atoms with van der Waals surface area (Å²) in [5.74, 6) is -1.75. The number of fused-ring (bicyclic) bond motifs is 1. The Kier molecular flexibility index (Phi) is 7.15. The largest absolute Gasteiger partial charge is 0.475 e. The Hall–Kier alpha value is -3.29. The van der Waals surface area contributed by atoms with E-state index in [-0.39, 0.29) is 16.3 Å². The Morgan fingerprint density at radius 1 is 1.23 bits per heavy atom. The van der Waals surface area contributed by atoms with Crippen molar-refractivity contribution < 1.29 is 47.3 Å². The first-order chi connectivity index (χ1) is 14.3. The monoisotopic (exact) mass is 470 g/mol. The number of esters is 1. The van der Waals surface area contributed by atoms with Crippen molar-refractivity contribution in [2.75, 3.05) is 13.2 Å². The number of aryl methyl sites for hydroxylation is 1. The fourth-order valence-corrected chi connectivity index (χ4v) is 2.82. The van der Waals surface area contributed by atoms with E-state index in [2.05, 4.69) is 9.68 Å². The maximum absolute atomic E-state index is 13.5. The van der Waals surface area contributed by atoms with Crippen LogP contribution < -0.4 is 4.74 Å². The van der Waals surface area contributed by atoms with Crippen LogP contribution in [0.4, 0.5) is 13.2 Å². The van der Waals surface area contributed by atoms with Crippen molar-refractivity contribution in [1.82, 2.24) is 0 Å². The van der Waals surface area contributed by atoms with Crippen molar-refractivity contribution in [3.63, 3.8) is 0 Å². The number of ether oxygens (including phenoxy) is 2. The molecule has 0 bridgehead atoms. The number of halogens is 4. The van der Waals surface area contributed by atoms with Crippen LogP contribution in [0.25, 0.3) is 6.08 Å². The molecular formula is C16H14ClF3N2O9. The molecule has 31 heavy (non-hydrogen) atoms. The number of carbonyl (C=O) groups is 1. The van der Waals surface area contributed by atoms with E-state index in [9.17, 15) is 38.2 Å². The van der Waals surface area contributed by atoms with Gasteiger partial charge < -0.3 is 19.1 Å². The second-order valence-electron chi connectivity index (χ2n) is 6.25. The molecule has 11 nitrogen and oxygen atoms in total. The molecule has 2 rings (SSSR count). The van der Waals surface area contributed by atoms with Gasteiger partial charge in [0, 0.05) is 10.6 Å². The van der Waals surface area contributed by atoms with Gasteiger partial charge in [-0.1, -0.05) is 11.6 Å². The first-order valence-corrected chi connectivity index (χ1v) is 8.69. The topological polar surface area (TPSA) is 140 Å². The summed E-state index contributed by atoms with van der Waals surface area (Å²) < 4.78 is 50.4. The van der Waals surface area contributed by atoms with E-state index >= 15 is 0 Å². The Morgan fingerprint density at radius 3 is 2.26 bits per heavy atom. The molecule has 1 aromatic carbocycles. The maximum Gasteiger partial charge on any atom is 0.430 e. The lowest BCUT2D eigenvalue weighted by atomic mass is 9.96. The summed E-state index contributed by atoms with van der Waals surface area (Å²) >= 11 is 6.11. The van der Waals surface area contributed by atoms with Gasteiger partial charge in [0.15, 0.2) is 0 Å². The van der Waals surface area contributed by atoms with E-state index < -0.39 is 53.3 Å². The minimum absolute atomic E-state index is 0.0997. The van der Waals surface area contributed by atoms with Crippen LogP contribution in [0.3, 0.4) is 0 Å². The van der Waals surface area contributed by atoms with Crippen LogP contribution in [0.5, 0.6) is 5.75 Å². The van der Waals surface area contributed by atoms with Gasteiger partial charge in [0.1, 0.15) is 25.1 Å². The summed E-state index contributed by atoms with van der Waals surface area (Å²) in [6.45, 7) is 1.03. The highest BCUT2D eigenvalue weighted by atomic mass is 35.5. The minimum atomic E-state index is -5.03. The summed E-state index contributed by atoms with van der Waals surface area (Å²) in [6.07, 6.45) is -8.64. The minimum Gasteiger partial charge on any atom is -0.475 e. The molecule has 0 saturated carbocycles. The standard InChI is InChI=1S/C16H14ClF3N2O9/c1-7-3-12-10(8(2)13(7)17)4-11(14(31-12)16(18,19)20)15(23)30-9(5-28-21(24)25)6-29-22(26)27/h3-4,9,14H,5-6H2,1-2H3. The van der Waals surface area contributed by atoms with Crippen molar-refractivity contribution in [1.29, 1.82) is 0 Å². The third kappa shape index (κ3) is 5.87. The van der Waals surface area contributed by atoms with Crippen LogP contribution in [0, 0.1) is 34.1 Å². The molecule has 1 aliphatic rings. The lowest BCUT2D eigenvalue weighted by Gasteiger charge is -2.30. The molecule has 1 atom stereocenters. The fourth-order valence-electron chi connectivity index (χ4n) is 2.67. The first kappa shape index (κ1) is 24.0. The van der Waals surface area contributed by atoms with Crippen molar-refractivity contribution >= 4 is 23.6 Å². The molecule has 1 aromatic rings. The maximum atomic E-state index is 13.5. The van der Waals surface area contributed by atoms with Gasteiger partial charge in [-0.2, -0.15) is 13.2 Å². The van der Waals surface area contributed by atoms with Crippen LogP contribution in [-0.2, 0) is 19.2 Å². The van der Waals surface area contributed by atoms with Crippen LogP contribution in [0.15, 0.2) is 11.6 Å². The van der Waals surface area contributed by atoms with E-state index in [1.54, 1.807) is 6.92 Å². The smallest absolute Gasteiger partial charge is 0.430 e. The molecule has 1 unspecified atom stereocenters. The number of rotatable bonds is 8. The lowest BCUT2D eigenvalue weighted by Crippen LogP contribution is -2.42. The summed E-state index contributed by atoms with van der Waals surface area (Å²) in [5.41, 5.74) is -0.0994. The number of hydrogen-bond acceptors (Lipinski definition) is 9. The summed E-state index contributed by atoms with van der Waals surface area (Å²) in [4.78, 5) is 41.1. The van der Waals surface area contributed by atoms with Crippen LogP contribution in [0.1, 0.15) is 16.7 Å². The fraction of sp³-hybridized carbons (Fsp3) is 0.438. The Balaban J connectivity index is 2.40. The van der Waals surface area contributed by atoms with Crippen molar-refractivity contribution in [2.45, 2.75) is 32.2 Å². The number of carbonyl (C=O) groups excluding carboxylic acids is 1. The summed E-state index contributed by atoms with van der Waals surface area (Å²) in [6, 6.07) is 1.28. The zero-order valence-electron chi connectivity index (χ0n) is 15.8. The second-order valence-corrected chi connectivity index (χ2v) is 6.63. The number of hydrogen-bond donors (Lipinski definition) is 0.